The molecule has 0 spiro atoms. The van der Waals surface area contributed by atoms with Gasteiger partial charge in [-0.1, -0.05) is 141 Å². The molecular weight excluding hydrogens is 510 g/mol. The summed E-state index contributed by atoms with van der Waals surface area (Å²) in [5.41, 5.74) is 10.0. The Morgan fingerprint density at radius 3 is 1.79 bits per heavy atom. The van der Waals surface area contributed by atoms with E-state index in [0.717, 1.165) is 35.1 Å². The van der Waals surface area contributed by atoms with Crippen LogP contribution in [0.3, 0.4) is 0 Å². The van der Waals surface area contributed by atoms with Gasteiger partial charge < -0.3 is 0 Å². The third-order valence-corrected chi connectivity index (χ3v) is 8.14. The van der Waals surface area contributed by atoms with Crippen LogP contribution in [0.4, 0.5) is 0 Å². The Balaban J connectivity index is 1.38. The summed E-state index contributed by atoms with van der Waals surface area (Å²) in [6.07, 6.45) is 8.66. The van der Waals surface area contributed by atoms with Crippen molar-refractivity contribution in [3.8, 4) is 34.2 Å². The number of rotatable bonds is 7. The molecule has 0 N–H and O–H groups in total. The van der Waals surface area contributed by atoms with Gasteiger partial charge in [-0.15, -0.1) is 0 Å². The van der Waals surface area contributed by atoms with E-state index in [1.54, 1.807) is 0 Å². The van der Waals surface area contributed by atoms with E-state index in [0.29, 0.717) is 17.5 Å². The van der Waals surface area contributed by atoms with Crippen molar-refractivity contribution in [3.05, 3.63) is 150 Å². The lowest BCUT2D eigenvalue weighted by atomic mass is 9.77. The Morgan fingerprint density at radius 2 is 1.19 bits per heavy atom. The van der Waals surface area contributed by atoms with Gasteiger partial charge in [0.05, 0.1) is 0 Å². The third kappa shape index (κ3) is 5.64. The Hall–Kier alpha value is -4.89. The smallest absolute Gasteiger partial charge is 0.164 e. The third-order valence-electron chi connectivity index (χ3n) is 8.14. The van der Waals surface area contributed by atoms with E-state index in [2.05, 4.69) is 111 Å². The summed E-state index contributed by atoms with van der Waals surface area (Å²) >= 11 is 0. The highest BCUT2D eigenvalue weighted by atomic mass is 15.0. The fourth-order valence-corrected chi connectivity index (χ4v) is 5.43. The van der Waals surface area contributed by atoms with E-state index in [9.17, 15) is 0 Å². The summed E-state index contributed by atoms with van der Waals surface area (Å²) in [7, 11) is 0. The van der Waals surface area contributed by atoms with E-state index in [-0.39, 0.29) is 5.41 Å². The van der Waals surface area contributed by atoms with Crippen molar-refractivity contribution in [2.45, 2.75) is 39.0 Å². The van der Waals surface area contributed by atoms with Gasteiger partial charge in [-0.25, -0.2) is 15.0 Å². The molecule has 0 fully saturated rings. The van der Waals surface area contributed by atoms with Gasteiger partial charge >= 0.3 is 0 Å². The van der Waals surface area contributed by atoms with Crippen LogP contribution >= 0.6 is 0 Å². The van der Waals surface area contributed by atoms with Gasteiger partial charge in [-0.05, 0) is 53.7 Å². The topological polar surface area (TPSA) is 38.7 Å². The van der Waals surface area contributed by atoms with E-state index < -0.39 is 0 Å². The van der Waals surface area contributed by atoms with Gasteiger partial charge in [0.25, 0.3) is 0 Å². The second-order valence-electron chi connectivity index (χ2n) is 11.5. The lowest BCUT2D eigenvalue weighted by molar-refractivity contribution is 0.641. The van der Waals surface area contributed by atoms with E-state index in [1.807, 2.05) is 37.3 Å². The first-order valence-corrected chi connectivity index (χ1v) is 14.5. The standard InChI is InChI=1S/C39H35N3/c1-27(2)28-18-22-34(23-19-28)39(3,4)35-24-20-31(21-25-35)37-40-36(30-14-9-6-10-15-30)41-38(42-37)33-17-11-16-32(26-33)29-12-7-5-8-13-29/h5-7,9-12,14-26H,1,8,13H2,2-4H3. The predicted octanol–water partition coefficient (Wildman–Crippen LogP) is 9.96. The molecule has 0 bridgehead atoms. The largest absolute Gasteiger partial charge is 0.208 e. The molecule has 0 unspecified atom stereocenters. The first-order valence-electron chi connectivity index (χ1n) is 14.5. The molecule has 0 saturated heterocycles. The van der Waals surface area contributed by atoms with Crippen LogP contribution in [0.1, 0.15) is 55.9 Å². The first-order chi connectivity index (χ1) is 20.4. The van der Waals surface area contributed by atoms with Crippen molar-refractivity contribution < 1.29 is 0 Å². The summed E-state index contributed by atoms with van der Waals surface area (Å²) in [5.74, 6) is 2.01. The van der Waals surface area contributed by atoms with Crippen molar-refractivity contribution in [1.82, 2.24) is 15.0 Å². The molecule has 0 radical (unpaired) electrons. The van der Waals surface area contributed by atoms with Gasteiger partial charge in [0.15, 0.2) is 17.5 Å². The molecule has 5 aromatic rings. The Bertz CT molecular complexity index is 1790. The van der Waals surface area contributed by atoms with E-state index in [1.165, 1.54) is 27.8 Å². The molecule has 0 atom stereocenters. The second-order valence-corrected chi connectivity index (χ2v) is 11.5. The summed E-state index contributed by atoms with van der Waals surface area (Å²) in [6, 6.07) is 36.0. The molecule has 4 aromatic carbocycles. The van der Waals surface area contributed by atoms with Gasteiger partial charge in [-0.2, -0.15) is 0 Å². The molecule has 1 aromatic heterocycles. The minimum absolute atomic E-state index is 0.158. The molecular formula is C39H35N3. The molecule has 206 valence electrons. The Labute approximate surface area is 249 Å². The number of aromatic nitrogens is 3. The maximum absolute atomic E-state index is 5.00. The zero-order chi connectivity index (χ0) is 29.1. The molecule has 1 aliphatic rings. The average molecular weight is 546 g/mol. The molecule has 0 amide bonds. The number of hydrogen-bond donors (Lipinski definition) is 0. The van der Waals surface area contributed by atoms with Crippen LogP contribution in [0.2, 0.25) is 0 Å². The summed E-state index contributed by atoms with van der Waals surface area (Å²) in [4.78, 5) is 14.9. The maximum atomic E-state index is 5.00. The maximum Gasteiger partial charge on any atom is 0.164 e. The molecule has 3 nitrogen and oxygen atoms in total. The number of benzene rings is 4. The number of allylic oxidation sites excluding steroid dienone is 5. The monoisotopic (exact) mass is 545 g/mol. The molecule has 3 heteroatoms. The number of nitrogens with zero attached hydrogens (tertiary/aromatic N) is 3. The Morgan fingerprint density at radius 1 is 0.643 bits per heavy atom. The van der Waals surface area contributed by atoms with Crippen molar-refractivity contribution in [2.75, 3.05) is 0 Å². The molecule has 0 aliphatic heterocycles. The summed E-state index contributed by atoms with van der Waals surface area (Å²) in [6.45, 7) is 10.6. The van der Waals surface area contributed by atoms with Gasteiger partial charge in [0.1, 0.15) is 0 Å². The fourth-order valence-electron chi connectivity index (χ4n) is 5.43. The molecule has 42 heavy (non-hydrogen) atoms. The van der Waals surface area contributed by atoms with Crippen molar-refractivity contribution in [1.29, 1.82) is 0 Å². The van der Waals surface area contributed by atoms with Crippen LogP contribution in [0.25, 0.3) is 45.3 Å². The zero-order valence-corrected chi connectivity index (χ0v) is 24.5. The van der Waals surface area contributed by atoms with Crippen molar-refractivity contribution in [2.24, 2.45) is 0 Å². The fraction of sp³-hybridized carbons (Fsp3) is 0.154. The van der Waals surface area contributed by atoms with E-state index in [4.69, 9.17) is 15.0 Å². The van der Waals surface area contributed by atoms with Gasteiger partial charge in [0.2, 0.25) is 0 Å². The highest BCUT2D eigenvalue weighted by Crippen LogP contribution is 2.34. The molecule has 1 aliphatic carbocycles. The lowest BCUT2D eigenvalue weighted by Gasteiger charge is -2.26. The van der Waals surface area contributed by atoms with Crippen LogP contribution in [0.15, 0.2) is 128 Å². The molecule has 1 heterocycles. The highest BCUT2D eigenvalue weighted by molar-refractivity contribution is 5.73. The minimum Gasteiger partial charge on any atom is -0.208 e. The van der Waals surface area contributed by atoms with Crippen LogP contribution < -0.4 is 0 Å². The van der Waals surface area contributed by atoms with Crippen LogP contribution in [-0.2, 0) is 5.41 Å². The minimum atomic E-state index is -0.158. The highest BCUT2D eigenvalue weighted by Gasteiger charge is 2.23. The lowest BCUT2D eigenvalue weighted by Crippen LogP contribution is -2.18. The van der Waals surface area contributed by atoms with Crippen LogP contribution in [-0.4, -0.2) is 15.0 Å². The van der Waals surface area contributed by atoms with Gasteiger partial charge in [0, 0.05) is 22.1 Å². The first kappa shape index (κ1) is 27.3. The van der Waals surface area contributed by atoms with Crippen molar-refractivity contribution in [3.63, 3.8) is 0 Å². The van der Waals surface area contributed by atoms with Crippen molar-refractivity contribution >= 4 is 11.1 Å². The second kappa shape index (κ2) is 11.5. The summed E-state index contributed by atoms with van der Waals surface area (Å²) < 4.78 is 0. The predicted molar refractivity (Wildman–Crippen MR) is 176 cm³/mol. The van der Waals surface area contributed by atoms with Crippen LogP contribution in [0.5, 0.6) is 0 Å². The normalized spacial score (nSPS) is 13.1. The molecule has 0 saturated carbocycles. The summed E-state index contributed by atoms with van der Waals surface area (Å²) in [5, 5.41) is 0. The van der Waals surface area contributed by atoms with Gasteiger partial charge in [-0.3, -0.25) is 0 Å². The Kier molecular flexibility index (Phi) is 7.50. The zero-order valence-electron chi connectivity index (χ0n) is 24.5. The van der Waals surface area contributed by atoms with Crippen LogP contribution in [0, 0.1) is 0 Å². The average Bonchev–Trinajstić information content (AvgIpc) is 3.05. The molecule has 6 rings (SSSR count). The quantitative estimate of drug-likeness (QED) is 0.204. The SMILES string of the molecule is C=C(C)c1ccc(C(C)(C)c2ccc(-c3nc(-c4ccccc4)nc(-c4cccc(C5=CC=CCC5)c4)n3)cc2)cc1. The van der Waals surface area contributed by atoms with E-state index >= 15 is 0 Å². The number of hydrogen-bond acceptors (Lipinski definition) is 3.